The largest absolute Gasteiger partial charge is 0.399 e. The Morgan fingerprint density at radius 3 is 2.38 bits per heavy atom. The summed E-state index contributed by atoms with van der Waals surface area (Å²) in [5.74, 6) is 0. The summed E-state index contributed by atoms with van der Waals surface area (Å²) in [4.78, 5) is 2.53. The molecule has 2 fully saturated rings. The molecular weight excluding hydrogens is 200 g/mol. The second-order valence-corrected chi connectivity index (χ2v) is 4.75. The summed E-state index contributed by atoms with van der Waals surface area (Å²) in [5, 5.41) is 0. The highest BCUT2D eigenvalue weighted by molar-refractivity contribution is 5.55. The third-order valence-corrected chi connectivity index (χ3v) is 3.43. The van der Waals surface area contributed by atoms with Crippen LogP contribution in [0.25, 0.3) is 0 Å². The summed E-state index contributed by atoms with van der Waals surface area (Å²) in [5.41, 5.74) is 7.86. The maximum atomic E-state index is 5.73. The Kier molecular flexibility index (Phi) is 2.48. The van der Waals surface area contributed by atoms with Crippen LogP contribution >= 0.6 is 0 Å². The Hall–Kier alpha value is -1.22. The fourth-order valence-corrected chi connectivity index (χ4v) is 2.46. The van der Waals surface area contributed by atoms with Gasteiger partial charge in [-0.1, -0.05) is 0 Å². The molecule has 3 heteroatoms. The number of rotatable bonds is 3. The van der Waals surface area contributed by atoms with Crippen molar-refractivity contribution < 1.29 is 4.74 Å². The molecule has 0 bridgehead atoms. The van der Waals surface area contributed by atoms with Gasteiger partial charge in [-0.2, -0.15) is 0 Å². The molecule has 1 aromatic rings. The van der Waals surface area contributed by atoms with Crippen LogP contribution in [-0.4, -0.2) is 25.3 Å². The van der Waals surface area contributed by atoms with Gasteiger partial charge in [0.05, 0.1) is 12.6 Å². The van der Waals surface area contributed by atoms with Crippen LogP contribution in [0, 0.1) is 0 Å². The van der Waals surface area contributed by atoms with E-state index >= 15 is 0 Å². The molecule has 3 nitrogen and oxygen atoms in total. The van der Waals surface area contributed by atoms with E-state index in [0.29, 0.717) is 6.04 Å². The van der Waals surface area contributed by atoms with Crippen LogP contribution in [0.2, 0.25) is 0 Å². The van der Waals surface area contributed by atoms with Crippen molar-refractivity contribution in [3.63, 3.8) is 0 Å². The number of nitrogens with zero attached hydrogens (tertiary/aromatic N) is 1. The molecule has 86 valence electrons. The normalized spacial score (nSPS) is 24.6. The Bertz CT molecular complexity index is 353. The first-order valence-electron chi connectivity index (χ1n) is 6.06. The average molecular weight is 218 g/mol. The summed E-state index contributed by atoms with van der Waals surface area (Å²) in [7, 11) is 0. The van der Waals surface area contributed by atoms with Gasteiger partial charge in [0.1, 0.15) is 0 Å². The molecule has 1 aromatic carbocycles. The van der Waals surface area contributed by atoms with Crippen molar-refractivity contribution in [1.82, 2.24) is 0 Å². The average Bonchev–Trinajstić information content (AvgIpc) is 2.97. The predicted octanol–water partition coefficient (Wildman–Crippen LogP) is 2.03. The van der Waals surface area contributed by atoms with Crippen LogP contribution in [-0.2, 0) is 4.74 Å². The fraction of sp³-hybridized carbons (Fsp3) is 0.538. The van der Waals surface area contributed by atoms with Crippen LogP contribution in [0.15, 0.2) is 24.3 Å². The summed E-state index contributed by atoms with van der Waals surface area (Å²) in [6.45, 7) is 1.78. The molecule has 1 aliphatic heterocycles. The maximum absolute atomic E-state index is 5.73. The quantitative estimate of drug-likeness (QED) is 0.789. The van der Waals surface area contributed by atoms with Gasteiger partial charge in [0.15, 0.2) is 0 Å². The van der Waals surface area contributed by atoms with E-state index in [1.807, 2.05) is 12.1 Å². The van der Waals surface area contributed by atoms with Crippen LogP contribution in [0.5, 0.6) is 0 Å². The van der Waals surface area contributed by atoms with E-state index in [9.17, 15) is 0 Å². The van der Waals surface area contributed by atoms with Gasteiger partial charge in [0.25, 0.3) is 0 Å². The van der Waals surface area contributed by atoms with E-state index in [4.69, 9.17) is 10.5 Å². The van der Waals surface area contributed by atoms with Gasteiger partial charge in [-0.05, 0) is 43.5 Å². The van der Waals surface area contributed by atoms with Crippen molar-refractivity contribution in [3.05, 3.63) is 24.3 Å². The molecule has 1 atom stereocenters. The Morgan fingerprint density at radius 2 is 1.81 bits per heavy atom. The number of hydrogen-bond donors (Lipinski definition) is 1. The van der Waals surface area contributed by atoms with Crippen molar-refractivity contribution >= 4 is 11.4 Å². The van der Waals surface area contributed by atoms with E-state index in [0.717, 1.165) is 31.4 Å². The highest BCUT2D eigenvalue weighted by atomic mass is 16.5. The molecule has 2 N–H and O–H groups in total. The van der Waals surface area contributed by atoms with Crippen molar-refractivity contribution in [3.8, 4) is 0 Å². The molecular formula is C13H18N2O. The molecule has 0 spiro atoms. The molecule has 2 aliphatic rings. The van der Waals surface area contributed by atoms with E-state index < -0.39 is 0 Å². The minimum Gasteiger partial charge on any atom is -0.399 e. The summed E-state index contributed by atoms with van der Waals surface area (Å²) in [6.07, 6.45) is 3.79. The van der Waals surface area contributed by atoms with Gasteiger partial charge >= 0.3 is 0 Å². The highest BCUT2D eigenvalue weighted by Crippen LogP contribution is 2.35. The SMILES string of the molecule is Nc1ccc(N(C2CC2)C2CCOC2)cc1. The predicted molar refractivity (Wildman–Crippen MR) is 65.6 cm³/mol. The molecule has 1 saturated heterocycles. The zero-order valence-corrected chi connectivity index (χ0v) is 9.43. The van der Waals surface area contributed by atoms with Crippen LogP contribution in [0.1, 0.15) is 19.3 Å². The van der Waals surface area contributed by atoms with E-state index in [1.165, 1.54) is 18.5 Å². The lowest BCUT2D eigenvalue weighted by Crippen LogP contribution is -2.37. The van der Waals surface area contributed by atoms with E-state index in [-0.39, 0.29) is 0 Å². The monoisotopic (exact) mass is 218 g/mol. The summed E-state index contributed by atoms with van der Waals surface area (Å²) >= 11 is 0. The zero-order chi connectivity index (χ0) is 11.0. The fourth-order valence-electron chi connectivity index (χ4n) is 2.46. The second-order valence-electron chi connectivity index (χ2n) is 4.75. The standard InChI is InChI=1S/C13H18N2O/c14-10-1-3-11(4-2-10)15(12-5-6-12)13-7-8-16-9-13/h1-4,12-13H,5-9,14H2. The third-order valence-electron chi connectivity index (χ3n) is 3.43. The second kappa shape index (κ2) is 3.98. The number of hydrogen-bond acceptors (Lipinski definition) is 3. The topological polar surface area (TPSA) is 38.5 Å². The number of benzene rings is 1. The van der Waals surface area contributed by atoms with E-state index in [2.05, 4.69) is 17.0 Å². The molecule has 1 saturated carbocycles. The third kappa shape index (κ3) is 1.87. The van der Waals surface area contributed by atoms with Crippen molar-refractivity contribution in [2.24, 2.45) is 0 Å². The first-order chi connectivity index (χ1) is 7.84. The van der Waals surface area contributed by atoms with Crippen LogP contribution < -0.4 is 10.6 Å². The van der Waals surface area contributed by atoms with E-state index in [1.54, 1.807) is 0 Å². The molecule has 0 amide bonds. The van der Waals surface area contributed by atoms with Gasteiger partial charge < -0.3 is 15.4 Å². The first-order valence-corrected chi connectivity index (χ1v) is 6.06. The summed E-state index contributed by atoms with van der Waals surface area (Å²) < 4.78 is 5.49. The smallest absolute Gasteiger partial charge is 0.0670 e. The number of anilines is 2. The van der Waals surface area contributed by atoms with Gasteiger partial charge in [-0.15, -0.1) is 0 Å². The lowest BCUT2D eigenvalue weighted by Gasteiger charge is -2.30. The highest BCUT2D eigenvalue weighted by Gasteiger charge is 2.35. The number of ether oxygens (including phenoxy) is 1. The lowest BCUT2D eigenvalue weighted by atomic mass is 10.1. The Balaban J connectivity index is 1.84. The Morgan fingerprint density at radius 1 is 1.06 bits per heavy atom. The molecule has 0 radical (unpaired) electrons. The molecule has 0 aromatic heterocycles. The van der Waals surface area contributed by atoms with Crippen molar-refractivity contribution in [2.45, 2.75) is 31.3 Å². The van der Waals surface area contributed by atoms with Gasteiger partial charge in [0, 0.05) is 24.0 Å². The molecule has 1 aliphatic carbocycles. The van der Waals surface area contributed by atoms with Crippen LogP contribution in [0.4, 0.5) is 11.4 Å². The number of nitrogens with two attached hydrogens (primary N) is 1. The van der Waals surface area contributed by atoms with Gasteiger partial charge in [-0.3, -0.25) is 0 Å². The van der Waals surface area contributed by atoms with Crippen LogP contribution in [0.3, 0.4) is 0 Å². The maximum Gasteiger partial charge on any atom is 0.0670 e. The lowest BCUT2D eigenvalue weighted by molar-refractivity contribution is 0.193. The van der Waals surface area contributed by atoms with Crippen molar-refractivity contribution in [1.29, 1.82) is 0 Å². The number of nitrogen functional groups attached to an aromatic ring is 1. The minimum absolute atomic E-state index is 0.566. The van der Waals surface area contributed by atoms with Crippen molar-refractivity contribution in [2.75, 3.05) is 23.8 Å². The molecule has 1 heterocycles. The molecule has 16 heavy (non-hydrogen) atoms. The van der Waals surface area contributed by atoms with Gasteiger partial charge in [0.2, 0.25) is 0 Å². The summed E-state index contributed by atoms with van der Waals surface area (Å²) in [6, 6.07) is 9.53. The van der Waals surface area contributed by atoms with Gasteiger partial charge in [-0.25, -0.2) is 0 Å². The molecule has 3 rings (SSSR count). The Labute approximate surface area is 96.2 Å². The first kappa shape index (κ1) is 9.97. The zero-order valence-electron chi connectivity index (χ0n) is 9.43. The minimum atomic E-state index is 0.566. The molecule has 1 unspecified atom stereocenters.